The summed E-state index contributed by atoms with van der Waals surface area (Å²) in [5.41, 5.74) is 3.51. The topological polar surface area (TPSA) is 62.7 Å². The molecule has 1 aromatic heterocycles. The lowest BCUT2D eigenvalue weighted by atomic mass is 10.1. The fourth-order valence-corrected chi connectivity index (χ4v) is 1.65. The summed E-state index contributed by atoms with van der Waals surface area (Å²) >= 11 is 0. The van der Waals surface area contributed by atoms with Crippen LogP contribution in [0.4, 0.5) is 17.5 Å². The normalized spacial score (nSPS) is 10.6. The number of hydrogen-bond donors (Lipinski definition) is 2. The molecule has 0 fully saturated rings. The molecule has 1 aromatic carbocycles. The average molecular weight is 257 g/mol. The van der Waals surface area contributed by atoms with Crippen molar-refractivity contribution in [3.63, 3.8) is 0 Å². The number of benzene rings is 1. The monoisotopic (exact) mass is 257 g/mol. The quantitative estimate of drug-likeness (QED) is 0.881. The molecule has 5 nitrogen and oxygen atoms in total. The number of aryl methyl sites for hydroxylation is 2. The zero-order chi connectivity index (χ0) is 13.8. The molecule has 0 atom stereocenters. The second kappa shape index (κ2) is 5.65. The molecule has 2 N–H and O–H groups in total. The molecule has 0 saturated heterocycles. The first-order valence-electron chi connectivity index (χ1n) is 6.35. The molecule has 0 unspecified atom stereocenters. The van der Waals surface area contributed by atoms with Crippen LogP contribution in [-0.4, -0.2) is 21.2 Å². The van der Waals surface area contributed by atoms with Gasteiger partial charge in [-0.05, 0) is 51.0 Å². The van der Waals surface area contributed by atoms with Crippen molar-refractivity contribution in [1.82, 2.24) is 15.2 Å². The molecule has 2 aromatic rings. The second-order valence-corrected chi connectivity index (χ2v) is 4.89. The van der Waals surface area contributed by atoms with Crippen molar-refractivity contribution in [3.8, 4) is 0 Å². The van der Waals surface area contributed by atoms with Crippen LogP contribution in [0.25, 0.3) is 0 Å². The summed E-state index contributed by atoms with van der Waals surface area (Å²) in [7, 11) is 0. The van der Waals surface area contributed by atoms with Crippen LogP contribution in [-0.2, 0) is 0 Å². The molecule has 0 radical (unpaired) electrons. The lowest BCUT2D eigenvalue weighted by molar-refractivity contribution is 0.852. The number of rotatable bonds is 4. The fraction of sp³-hybridized carbons (Fsp3) is 0.357. The first-order chi connectivity index (χ1) is 9.04. The Morgan fingerprint density at radius 1 is 1.11 bits per heavy atom. The van der Waals surface area contributed by atoms with Crippen molar-refractivity contribution in [3.05, 3.63) is 35.5 Å². The van der Waals surface area contributed by atoms with E-state index in [9.17, 15) is 0 Å². The van der Waals surface area contributed by atoms with E-state index in [-0.39, 0.29) is 6.04 Å². The minimum atomic E-state index is 0.277. The molecule has 0 aliphatic carbocycles. The molecule has 0 aliphatic heterocycles. The standard InChI is InChI=1S/C14H19N5/c1-9(2)16-14-18-13(8-15-19-14)17-12-6-5-10(3)11(4)7-12/h5-9H,1-4H3,(H2,16,17,18,19). The van der Waals surface area contributed by atoms with Gasteiger partial charge < -0.3 is 10.6 Å². The minimum absolute atomic E-state index is 0.277. The van der Waals surface area contributed by atoms with Gasteiger partial charge in [0.1, 0.15) is 0 Å². The number of nitrogens with zero attached hydrogens (tertiary/aromatic N) is 3. The molecular formula is C14H19N5. The van der Waals surface area contributed by atoms with E-state index in [1.165, 1.54) is 11.1 Å². The van der Waals surface area contributed by atoms with E-state index in [2.05, 4.69) is 51.8 Å². The Balaban J connectivity index is 2.16. The van der Waals surface area contributed by atoms with Crippen LogP contribution < -0.4 is 10.6 Å². The van der Waals surface area contributed by atoms with Gasteiger partial charge in [-0.1, -0.05) is 6.07 Å². The third kappa shape index (κ3) is 3.64. The Kier molecular flexibility index (Phi) is 3.94. The van der Waals surface area contributed by atoms with Gasteiger partial charge in [0.05, 0.1) is 6.20 Å². The summed E-state index contributed by atoms with van der Waals surface area (Å²) < 4.78 is 0. The largest absolute Gasteiger partial charge is 0.351 e. The zero-order valence-electron chi connectivity index (χ0n) is 11.7. The van der Waals surface area contributed by atoms with E-state index in [0.717, 1.165) is 5.69 Å². The maximum Gasteiger partial charge on any atom is 0.244 e. The van der Waals surface area contributed by atoms with E-state index < -0.39 is 0 Å². The molecule has 100 valence electrons. The Labute approximate surface area is 113 Å². The maximum absolute atomic E-state index is 4.36. The first-order valence-corrected chi connectivity index (χ1v) is 6.35. The van der Waals surface area contributed by atoms with Gasteiger partial charge in [-0.3, -0.25) is 0 Å². The lowest BCUT2D eigenvalue weighted by Crippen LogP contribution is -2.13. The van der Waals surface area contributed by atoms with Gasteiger partial charge in [-0.25, -0.2) is 0 Å². The molecule has 1 heterocycles. The van der Waals surface area contributed by atoms with Gasteiger partial charge in [0.2, 0.25) is 5.95 Å². The highest BCUT2D eigenvalue weighted by molar-refractivity contribution is 5.58. The third-order valence-corrected chi connectivity index (χ3v) is 2.76. The van der Waals surface area contributed by atoms with Crippen LogP contribution in [0.1, 0.15) is 25.0 Å². The minimum Gasteiger partial charge on any atom is -0.351 e. The van der Waals surface area contributed by atoms with Crippen molar-refractivity contribution >= 4 is 17.5 Å². The smallest absolute Gasteiger partial charge is 0.244 e. The van der Waals surface area contributed by atoms with E-state index >= 15 is 0 Å². The predicted molar refractivity (Wildman–Crippen MR) is 77.8 cm³/mol. The lowest BCUT2D eigenvalue weighted by Gasteiger charge is -2.10. The van der Waals surface area contributed by atoms with Gasteiger partial charge in [-0.15, -0.1) is 5.10 Å². The summed E-state index contributed by atoms with van der Waals surface area (Å²) in [6.45, 7) is 8.25. The number of nitrogens with one attached hydrogen (secondary N) is 2. The van der Waals surface area contributed by atoms with Gasteiger partial charge in [0.15, 0.2) is 5.82 Å². The molecule has 0 saturated carbocycles. The summed E-state index contributed by atoms with van der Waals surface area (Å²) in [5, 5.41) is 14.2. The SMILES string of the molecule is Cc1ccc(Nc2cnnc(NC(C)C)n2)cc1C. The van der Waals surface area contributed by atoms with Crippen LogP contribution in [0, 0.1) is 13.8 Å². The highest BCUT2D eigenvalue weighted by Crippen LogP contribution is 2.18. The van der Waals surface area contributed by atoms with Crippen LogP contribution >= 0.6 is 0 Å². The molecule has 2 rings (SSSR count). The molecule has 0 spiro atoms. The van der Waals surface area contributed by atoms with Gasteiger partial charge in [-0.2, -0.15) is 10.1 Å². The van der Waals surface area contributed by atoms with Crippen LogP contribution in [0.3, 0.4) is 0 Å². The molecular weight excluding hydrogens is 238 g/mol. The number of anilines is 3. The molecule has 0 amide bonds. The van der Waals surface area contributed by atoms with Crippen molar-refractivity contribution in [1.29, 1.82) is 0 Å². The van der Waals surface area contributed by atoms with E-state index in [1.54, 1.807) is 6.20 Å². The van der Waals surface area contributed by atoms with Crippen molar-refractivity contribution in [2.24, 2.45) is 0 Å². The highest BCUT2D eigenvalue weighted by Gasteiger charge is 2.03. The summed E-state index contributed by atoms with van der Waals surface area (Å²) in [4.78, 5) is 4.36. The highest BCUT2D eigenvalue weighted by atomic mass is 15.3. The third-order valence-electron chi connectivity index (χ3n) is 2.76. The number of hydrogen-bond acceptors (Lipinski definition) is 5. The Hall–Kier alpha value is -2.17. The Morgan fingerprint density at radius 2 is 1.89 bits per heavy atom. The Morgan fingerprint density at radius 3 is 2.58 bits per heavy atom. The van der Waals surface area contributed by atoms with Gasteiger partial charge in [0, 0.05) is 11.7 Å². The van der Waals surface area contributed by atoms with Crippen molar-refractivity contribution < 1.29 is 0 Å². The number of aromatic nitrogens is 3. The Bertz CT molecular complexity index is 566. The summed E-state index contributed by atoms with van der Waals surface area (Å²) in [5.74, 6) is 1.21. The molecule has 0 aliphatic rings. The van der Waals surface area contributed by atoms with Crippen LogP contribution in [0.5, 0.6) is 0 Å². The predicted octanol–water partition coefficient (Wildman–Crippen LogP) is 3.05. The fourth-order valence-electron chi connectivity index (χ4n) is 1.65. The average Bonchev–Trinajstić information content (AvgIpc) is 2.33. The maximum atomic E-state index is 4.36. The van der Waals surface area contributed by atoms with Crippen LogP contribution in [0.2, 0.25) is 0 Å². The van der Waals surface area contributed by atoms with Gasteiger partial charge in [0.25, 0.3) is 0 Å². The zero-order valence-corrected chi connectivity index (χ0v) is 11.7. The summed E-state index contributed by atoms with van der Waals surface area (Å²) in [6.07, 6.45) is 1.61. The first kappa shape index (κ1) is 13.3. The van der Waals surface area contributed by atoms with Crippen molar-refractivity contribution in [2.75, 3.05) is 10.6 Å². The summed E-state index contributed by atoms with van der Waals surface area (Å²) in [6, 6.07) is 6.48. The van der Waals surface area contributed by atoms with E-state index in [4.69, 9.17) is 0 Å². The van der Waals surface area contributed by atoms with E-state index in [0.29, 0.717) is 11.8 Å². The molecule has 5 heteroatoms. The second-order valence-electron chi connectivity index (χ2n) is 4.89. The van der Waals surface area contributed by atoms with Crippen LogP contribution in [0.15, 0.2) is 24.4 Å². The van der Waals surface area contributed by atoms with Gasteiger partial charge >= 0.3 is 0 Å². The van der Waals surface area contributed by atoms with E-state index in [1.807, 2.05) is 19.9 Å². The van der Waals surface area contributed by atoms with Crippen molar-refractivity contribution in [2.45, 2.75) is 33.7 Å². The molecule has 0 bridgehead atoms. The molecule has 19 heavy (non-hydrogen) atoms.